The molecule has 0 aromatic rings. The zero-order valence-electron chi connectivity index (χ0n) is 11.9. The Hall–Kier alpha value is -0.610. The molecule has 2 aliphatic carbocycles. The van der Waals surface area contributed by atoms with E-state index in [4.69, 9.17) is 5.73 Å². The van der Waals surface area contributed by atoms with Gasteiger partial charge in [0.1, 0.15) is 0 Å². The van der Waals surface area contributed by atoms with Crippen molar-refractivity contribution in [3.05, 3.63) is 0 Å². The molecule has 1 saturated heterocycles. The Bertz CT molecular complexity index is 326. The van der Waals surface area contributed by atoms with Gasteiger partial charge in [-0.2, -0.15) is 0 Å². The number of amides is 1. The van der Waals surface area contributed by atoms with Crippen LogP contribution in [0, 0.1) is 5.92 Å². The summed E-state index contributed by atoms with van der Waals surface area (Å²) in [6, 6.07) is 0.419. The summed E-state index contributed by atoms with van der Waals surface area (Å²) in [4.78, 5) is 14.2. The van der Waals surface area contributed by atoms with E-state index in [0.29, 0.717) is 12.6 Å². The van der Waals surface area contributed by atoms with Crippen molar-refractivity contribution in [3.8, 4) is 0 Å². The molecule has 0 spiro atoms. The van der Waals surface area contributed by atoms with Gasteiger partial charge in [-0.15, -0.1) is 0 Å². The van der Waals surface area contributed by atoms with Crippen LogP contribution in [0.2, 0.25) is 0 Å². The molecule has 1 heterocycles. The summed E-state index contributed by atoms with van der Waals surface area (Å²) in [5.41, 5.74) is 6.34. The Morgan fingerprint density at radius 2 is 1.74 bits per heavy atom. The maximum absolute atomic E-state index is 12.0. The fourth-order valence-corrected chi connectivity index (χ4v) is 3.71. The molecule has 3 aliphatic rings. The first-order valence-electron chi connectivity index (χ1n) is 7.96. The lowest BCUT2D eigenvalue weighted by atomic mass is 9.86. The molecule has 0 aromatic heterocycles. The second kappa shape index (κ2) is 5.41. The number of hydrogen-bond donors (Lipinski definition) is 2. The lowest BCUT2D eigenvalue weighted by molar-refractivity contribution is -0.125. The number of nitrogens with zero attached hydrogens (tertiary/aromatic N) is 1. The van der Waals surface area contributed by atoms with Gasteiger partial charge in [-0.3, -0.25) is 9.69 Å². The van der Waals surface area contributed by atoms with Gasteiger partial charge in [0.15, 0.2) is 0 Å². The molecule has 0 unspecified atom stereocenters. The van der Waals surface area contributed by atoms with Crippen LogP contribution in [-0.2, 0) is 4.79 Å². The maximum atomic E-state index is 12.0. The minimum Gasteiger partial charge on any atom is -0.352 e. The van der Waals surface area contributed by atoms with Crippen LogP contribution in [0.4, 0.5) is 0 Å². The number of rotatable bonds is 4. The van der Waals surface area contributed by atoms with Crippen LogP contribution in [0.5, 0.6) is 0 Å². The molecule has 0 aromatic carbocycles. The van der Waals surface area contributed by atoms with Crippen molar-refractivity contribution in [1.29, 1.82) is 0 Å². The van der Waals surface area contributed by atoms with Crippen LogP contribution in [-0.4, -0.2) is 42.0 Å². The van der Waals surface area contributed by atoms with Gasteiger partial charge in [-0.05, 0) is 31.6 Å². The molecule has 4 heteroatoms. The van der Waals surface area contributed by atoms with Crippen molar-refractivity contribution in [2.24, 2.45) is 11.7 Å². The van der Waals surface area contributed by atoms with Crippen molar-refractivity contribution in [1.82, 2.24) is 10.2 Å². The van der Waals surface area contributed by atoms with Crippen LogP contribution < -0.4 is 11.1 Å². The first-order valence-corrected chi connectivity index (χ1v) is 7.96. The molecule has 19 heavy (non-hydrogen) atoms. The lowest BCUT2D eigenvalue weighted by Crippen LogP contribution is -2.69. The summed E-state index contributed by atoms with van der Waals surface area (Å²) in [6.07, 6.45) is 10.1. The highest BCUT2D eigenvalue weighted by Crippen LogP contribution is 2.42. The standard InChI is InChI=1S/C15H27N3O/c16-15(12-7-8-12)10-18(11-15)9-14(19)17-13-5-3-1-2-4-6-13/h12-13H,1-11,16H2,(H,17,19). The Labute approximate surface area is 116 Å². The molecule has 0 bridgehead atoms. The average molecular weight is 265 g/mol. The number of carbonyl (C=O) groups is 1. The number of hydrogen-bond acceptors (Lipinski definition) is 3. The van der Waals surface area contributed by atoms with Crippen LogP contribution in [0.15, 0.2) is 0 Å². The molecule has 1 amide bonds. The number of nitrogens with two attached hydrogens (primary N) is 1. The molecule has 3 fully saturated rings. The third-order valence-electron chi connectivity index (χ3n) is 5.01. The van der Waals surface area contributed by atoms with Crippen LogP contribution in [0.1, 0.15) is 51.4 Å². The van der Waals surface area contributed by atoms with E-state index in [1.54, 1.807) is 0 Å². The minimum atomic E-state index is 0.0304. The Morgan fingerprint density at radius 1 is 1.11 bits per heavy atom. The zero-order chi connectivity index (χ0) is 13.3. The van der Waals surface area contributed by atoms with Crippen LogP contribution in [0.3, 0.4) is 0 Å². The highest BCUT2D eigenvalue weighted by atomic mass is 16.2. The molecule has 0 radical (unpaired) electrons. The molecular weight excluding hydrogens is 238 g/mol. The van der Waals surface area contributed by atoms with Gasteiger partial charge >= 0.3 is 0 Å². The molecule has 0 atom stereocenters. The van der Waals surface area contributed by atoms with Gasteiger partial charge in [0.25, 0.3) is 0 Å². The first-order chi connectivity index (χ1) is 9.16. The monoisotopic (exact) mass is 265 g/mol. The predicted octanol–water partition coefficient (Wildman–Crippen LogP) is 1.25. The van der Waals surface area contributed by atoms with E-state index in [9.17, 15) is 4.79 Å². The smallest absolute Gasteiger partial charge is 0.234 e. The quantitative estimate of drug-likeness (QED) is 0.752. The summed E-state index contributed by atoms with van der Waals surface area (Å²) in [6.45, 7) is 2.37. The Balaban J connectivity index is 1.37. The van der Waals surface area contributed by atoms with Crippen molar-refractivity contribution in [3.63, 3.8) is 0 Å². The van der Waals surface area contributed by atoms with Crippen molar-refractivity contribution < 1.29 is 4.79 Å². The fraction of sp³-hybridized carbons (Fsp3) is 0.933. The maximum Gasteiger partial charge on any atom is 0.234 e. The summed E-state index contributed by atoms with van der Waals surface area (Å²) in [7, 11) is 0. The van der Waals surface area contributed by atoms with Crippen LogP contribution >= 0.6 is 0 Å². The molecular formula is C15H27N3O. The third kappa shape index (κ3) is 3.29. The third-order valence-corrected chi connectivity index (χ3v) is 5.01. The molecule has 3 rings (SSSR count). The lowest BCUT2D eigenvalue weighted by Gasteiger charge is -2.48. The predicted molar refractivity (Wildman–Crippen MR) is 75.7 cm³/mol. The van der Waals surface area contributed by atoms with Gasteiger partial charge in [0.2, 0.25) is 5.91 Å². The van der Waals surface area contributed by atoms with Crippen molar-refractivity contribution >= 4 is 5.91 Å². The van der Waals surface area contributed by atoms with E-state index in [1.165, 1.54) is 38.5 Å². The summed E-state index contributed by atoms with van der Waals surface area (Å²) in [5, 5.41) is 3.21. The number of nitrogens with one attached hydrogen (secondary N) is 1. The average Bonchev–Trinajstić information content (AvgIpc) is 3.14. The molecule has 2 saturated carbocycles. The van der Waals surface area contributed by atoms with Gasteiger partial charge in [0, 0.05) is 24.7 Å². The second-order valence-electron chi connectivity index (χ2n) is 6.91. The van der Waals surface area contributed by atoms with Gasteiger partial charge in [-0.1, -0.05) is 25.7 Å². The van der Waals surface area contributed by atoms with Crippen LogP contribution in [0.25, 0.3) is 0 Å². The summed E-state index contributed by atoms with van der Waals surface area (Å²) >= 11 is 0. The van der Waals surface area contributed by atoms with Gasteiger partial charge in [-0.25, -0.2) is 0 Å². The van der Waals surface area contributed by atoms with Crippen molar-refractivity contribution in [2.75, 3.05) is 19.6 Å². The number of carbonyl (C=O) groups excluding carboxylic acids is 1. The number of likely N-dealkylation sites (tertiary alicyclic amines) is 1. The highest BCUT2D eigenvalue weighted by Gasteiger charge is 2.50. The van der Waals surface area contributed by atoms with E-state index >= 15 is 0 Å². The van der Waals surface area contributed by atoms with E-state index in [1.807, 2.05) is 0 Å². The normalized spacial score (nSPS) is 28.5. The first kappa shape index (κ1) is 13.4. The SMILES string of the molecule is NC1(C2CC2)CN(CC(=O)NC2CCCCCC2)C1. The Kier molecular flexibility index (Phi) is 3.81. The van der Waals surface area contributed by atoms with E-state index in [-0.39, 0.29) is 11.4 Å². The van der Waals surface area contributed by atoms with E-state index in [0.717, 1.165) is 31.8 Å². The van der Waals surface area contributed by atoms with E-state index in [2.05, 4.69) is 10.2 Å². The molecule has 108 valence electrons. The summed E-state index contributed by atoms with van der Waals surface area (Å²) < 4.78 is 0. The molecule has 3 N–H and O–H groups in total. The summed E-state index contributed by atoms with van der Waals surface area (Å²) in [5.74, 6) is 0.929. The van der Waals surface area contributed by atoms with E-state index < -0.39 is 0 Å². The highest BCUT2D eigenvalue weighted by molar-refractivity contribution is 5.78. The fourth-order valence-electron chi connectivity index (χ4n) is 3.71. The topological polar surface area (TPSA) is 58.4 Å². The largest absolute Gasteiger partial charge is 0.352 e. The second-order valence-corrected chi connectivity index (χ2v) is 6.91. The van der Waals surface area contributed by atoms with Gasteiger partial charge in [0.05, 0.1) is 6.54 Å². The van der Waals surface area contributed by atoms with Crippen molar-refractivity contribution in [2.45, 2.75) is 62.9 Å². The Morgan fingerprint density at radius 3 is 2.32 bits per heavy atom. The van der Waals surface area contributed by atoms with Gasteiger partial charge < -0.3 is 11.1 Å². The zero-order valence-corrected chi connectivity index (χ0v) is 11.9. The molecule has 1 aliphatic heterocycles. The molecule has 4 nitrogen and oxygen atoms in total. The minimum absolute atomic E-state index is 0.0304.